The average molecular weight is 216 g/mol. The molecule has 0 spiro atoms. The molecule has 0 bridgehead atoms. The number of rotatable bonds is 4. The Labute approximate surface area is 88.0 Å². The number of nitrogens with two attached hydrogens (primary N) is 1. The molecule has 1 aliphatic heterocycles. The molecule has 6 nitrogen and oxygen atoms in total. The molecule has 0 radical (unpaired) electrons. The monoisotopic (exact) mass is 216 g/mol. The van der Waals surface area contributed by atoms with E-state index in [1.165, 1.54) is 0 Å². The third-order valence-electron chi connectivity index (χ3n) is 2.57. The Balaban J connectivity index is 2.78. The Bertz CT molecular complexity index is 240. The highest BCUT2D eigenvalue weighted by atomic mass is 16.5. The molecule has 1 heterocycles. The van der Waals surface area contributed by atoms with Gasteiger partial charge in [0.05, 0.1) is 13.2 Å². The predicted octanol–water partition coefficient (Wildman–Crippen LogP) is -0.964. The van der Waals surface area contributed by atoms with Crippen LogP contribution in [0.5, 0.6) is 0 Å². The SMILES string of the molecule is CCC(C(=O)O)N1CCOCC1C(N)=O. The lowest BCUT2D eigenvalue weighted by atomic mass is 10.1. The first kappa shape index (κ1) is 11.9. The van der Waals surface area contributed by atoms with E-state index in [2.05, 4.69) is 0 Å². The van der Waals surface area contributed by atoms with Crippen LogP contribution in [0, 0.1) is 0 Å². The van der Waals surface area contributed by atoms with E-state index in [9.17, 15) is 9.59 Å². The fraction of sp³-hybridized carbons (Fsp3) is 0.778. The molecular weight excluding hydrogens is 200 g/mol. The summed E-state index contributed by atoms with van der Waals surface area (Å²) in [6.07, 6.45) is 0.444. The van der Waals surface area contributed by atoms with Gasteiger partial charge >= 0.3 is 5.97 Å². The number of nitrogens with zero attached hydrogens (tertiary/aromatic N) is 1. The minimum atomic E-state index is -0.925. The largest absolute Gasteiger partial charge is 0.480 e. The average Bonchev–Trinajstić information content (AvgIpc) is 2.18. The molecule has 1 saturated heterocycles. The fourth-order valence-corrected chi connectivity index (χ4v) is 1.79. The third kappa shape index (κ3) is 2.66. The third-order valence-corrected chi connectivity index (χ3v) is 2.57. The highest BCUT2D eigenvalue weighted by molar-refractivity contribution is 5.81. The molecule has 1 rings (SSSR count). The van der Waals surface area contributed by atoms with E-state index in [4.69, 9.17) is 15.6 Å². The number of carbonyl (C=O) groups is 2. The number of amides is 1. The van der Waals surface area contributed by atoms with Gasteiger partial charge in [-0.05, 0) is 6.42 Å². The van der Waals surface area contributed by atoms with Crippen molar-refractivity contribution < 1.29 is 19.4 Å². The molecule has 0 saturated carbocycles. The minimum absolute atomic E-state index is 0.180. The van der Waals surface area contributed by atoms with Crippen LogP contribution in [0.4, 0.5) is 0 Å². The van der Waals surface area contributed by atoms with Crippen LogP contribution >= 0.6 is 0 Å². The van der Waals surface area contributed by atoms with Crippen molar-refractivity contribution in [3.05, 3.63) is 0 Å². The summed E-state index contributed by atoms with van der Waals surface area (Å²) in [5.41, 5.74) is 5.20. The van der Waals surface area contributed by atoms with Crippen molar-refractivity contribution in [1.82, 2.24) is 4.90 Å². The summed E-state index contributed by atoms with van der Waals surface area (Å²) in [6.45, 7) is 2.82. The zero-order valence-electron chi connectivity index (χ0n) is 8.68. The van der Waals surface area contributed by atoms with Crippen molar-refractivity contribution in [3.63, 3.8) is 0 Å². The van der Waals surface area contributed by atoms with Gasteiger partial charge in [0, 0.05) is 6.54 Å². The Morgan fingerprint density at radius 1 is 1.67 bits per heavy atom. The lowest BCUT2D eigenvalue weighted by Crippen LogP contribution is -2.58. The van der Waals surface area contributed by atoms with E-state index in [0.717, 1.165) is 0 Å². The number of carbonyl (C=O) groups excluding carboxylic acids is 1. The summed E-state index contributed by atoms with van der Waals surface area (Å²) in [5, 5.41) is 8.99. The molecule has 1 fully saturated rings. The minimum Gasteiger partial charge on any atom is -0.480 e. The predicted molar refractivity (Wildman–Crippen MR) is 52.2 cm³/mol. The summed E-state index contributed by atoms with van der Waals surface area (Å²) in [7, 11) is 0. The maximum atomic E-state index is 11.1. The van der Waals surface area contributed by atoms with Gasteiger partial charge in [0.2, 0.25) is 5.91 Å². The molecule has 15 heavy (non-hydrogen) atoms. The molecule has 0 aromatic rings. The molecule has 1 amide bonds. The molecule has 0 aromatic carbocycles. The lowest BCUT2D eigenvalue weighted by molar-refractivity contribution is -0.150. The van der Waals surface area contributed by atoms with E-state index < -0.39 is 24.0 Å². The van der Waals surface area contributed by atoms with Crippen molar-refractivity contribution in [1.29, 1.82) is 0 Å². The van der Waals surface area contributed by atoms with E-state index in [-0.39, 0.29) is 6.61 Å². The topological polar surface area (TPSA) is 92.9 Å². The van der Waals surface area contributed by atoms with E-state index in [1.807, 2.05) is 0 Å². The van der Waals surface area contributed by atoms with Crippen LogP contribution in [0.15, 0.2) is 0 Å². The fourth-order valence-electron chi connectivity index (χ4n) is 1.79. The second-order valence-electron chi connectivity index (χ2n) is 3.49. The van der Waals surface area contributed by atoms with Crippen LogP contribution in [0.2, 0.25) is 0 Å². The molecule has 1 aliphatic rings. The molecule has 6 heteroatoms. The normalized spacial score (nSPS) is 24.7. The Morgan fingerprint density at radius 2 is 2.33 bits per heavy atom. The summed E-state index contributed by atoms with van der Waals surface area (Å²) in [6, 6.07) is -1.29. The van der Waals surface area contributed by atoms with Crippen molar-refractivity contribution in [2.75, 3.05) is 19.8 Å². The number of morpholine rings is 1. The maximum Gasteiger partial charge on any atom is 0.320 e. The number of hydrogen-bond acceptors (Lipinski definition) is 4. The van der Waals surface area contributed by atoms with Gasteiger partial charge < -0.3 is 15.6 Å². The zero-order valence-corrected chi connectivity index (χ0v) is 8.68. The second-order valence-corrected chi connectivity index (χ2v) is 3.49. The van der Waals surface area contributed by atoms with Gasteiger partial charge in [-0.3, -0.25) is 14.5 Å². The first-order valence-electron chi connectivity index (χ1n) is 4.93. The zero-order chi connectivity index (χ0) is 11.4. The highest BCUT2D eigenvalue weighted by Gasteiger charge is 2.35. The summed E-state index contributed by atoms with van der Waals surface area (Å²) in [5.74, 6) is -1.46. The smallest absolute Gasteiger partial charge is 0.320 e. The highest BCUT2D eigenvalue weighted by Crippen LogP contribution is 2.13. The number of aliphatic carboxylic acids is 1. The number of carboxylic acid groups (broad SMARTS) is 1. The van der Waals surface area contributed by atoms with Crippen LogP contribution in [0.3, 0.4) is 0 Å². The first-order valence-corrected chi connectivity index (χ1v) is 4.93. The Morgan fingerprint density at radius 3 is 2.80 bits per heavy atom. The van der Waals surface area contributed by atoms with Gasteiger partial charge in [0.1, 0.15) is 12.1 Å². The second kappa shape index (κ2) is 5.09. The van der Waals surface area contributed by atoms with Gasteiger partial charge in [-0.15, -0.1) is 0 Å². The van der Waals surface area contributed by atoms with E-state index >= 15 is 0 Å². The summed E-state index contributed by atoms with van der Waals surface area (Å²) >= 11 is 0. The molecule has 0 aliphatic carbocycles. The molecular formula is C9H16N2O4. The van der Waals surface area contributed by atoms with Crippen molar-refractivity contribution >= 4 is 11.9 Å². The van der Waals surface area contributed by atoms with E-state index in [0.29, 0.717) is 19.6 Å². The quantitative estimate of drug-likeness (QED) is 0.631. The maximum absolute atomic E-state index is 11.1. The van der Waals surface area contributed by atoms with Crippen molar-refractivity contribution in [2.45, 2.75) is 25.4 Å². The van der Waals surface area contributed by atoms with Gasteiger partial charge in [-0.1, -0.05) is 6.92 Å². The number of primary amides is 1. The molecule has 0 aromatic heterocycles. The number of hydrogen-bond donors (Lipinski definition) is 2. The van der Waals surface area contributed by atoms with Gasteiger partial charge in [0.15, 0.2) is 0 Å². The van der Waals surface area contributed by atoms with Crippen LogP contribution in [-0.2, 0) is 14.3 Å². The van der Waals surface area contributed by atoms with Crippen LogP contribution in [0.25, 0.3) is 0 Å². The standard InChI is InChI=1S/C9H16N2O4/c1-2-6(9(13)14)11-3-4-15-5-7(11)8(10)12/h6-7H,2-5H2,1H3,(H2,10,12)(H,13,14). The van der Waals surface area contributed by atoms with E-state index in [1.54, 1.807) is 11.8 Å². The van der Waals surface area contributed by atoms with Gasteiger partial charge in [0.25, 0.3) is 0 Å². The number of carboxylic acids is 1. The molecule has 3 N–H and O–H groups in total. The van der Waals surface area contributed by atoms with Crippen LogP contribution in [0.1, 0.15) is 13.3 Å². The first-order chi connectivity index (χ1) is 7.07. The van der Waals surface area contributed by atoms with Crippen LogP contribution < -0.4 is 5.73 Å². The lowest BCUT2D eigenvalue weighted by Gasteiger charge is -2.36. The summed E-state index contributed by atoms with van der Waals surface area (Å²) in [4.78, 5) is 23.7. The van der Waals surface area contributed by atoms with Gasteiger partial charge in [-0.25, -0.2) is 0 Å². The Kier molecular flexibility index (Phi) is 4.05. The number of ether oxygens (including phenoxy) is 1. The van der Waals surface area contributed by atoms with Gasteiger partial charge in [-0.2, -0.15) is 0 Å². The molecule has 2 unspecified atom stereocenters. The Hall–Kier alpha value is -1.14. The summed E-state index contributed by atoms with van der Waals surface area (Å²) < 4.78 is 5.11. The van der Waals surface area contributed by atoms with Crippen molar-refractivity contribution in [3.8, 4) is 0 Å². The van der Waals surface area contributed by atoms with Crippen LogP contribution in [-0.4, -0.2) is 53.7 Å². The molecule has 86 valence electrons. The van der Waals surface area contributed by atoms with Crippen molar-refractivity contribution in [2.24, 2.45) is 5.73 Å². The molecule has 2 atom stereocenters.